The molecule has 1 rings (SSSR count). The van der Waals surface area contributed by atoms with Crippen LogP contribution in [-0.4, -0.2) is 11.1 Å². The van der Waals surface area contributed by atoms with Crippen LogP contribution in [0.5, 0.6) is 0 Å². The Morgan fingerprint density at radius 2 is 1.59 bits per heavy atom. The topological polar surface area (TPSA) is 37.3 Å². The molecule has 0 bridgehead atoms. The summed E-state index contributed by atoms with van der Waals surface area (Å²) in [6.07, 6.45) is 3.09. The normalized spacial score (nSPS) is 16.1. The van der Waals surface area contributed by atoms with Gasteiger partial charge in [-0.3, -0.25) is 4.79 Å². The van der Waals surface area contributed by atoms with E-state index < -0.39 is 5.97 Å². The summed E-state index contributed by atoms with van der Waals surface area (Å²) in [7, 11) is 0. The Morgan fingerprint density at radius 3 is 2.00 bits per heavy atom. The third-order valence-corrected chi connectivity index (χ3v) is 4.83. The third-order valence-electron chi connectivity index (χ3n) is 4.83. The summed E-state index contributed by atoms with van der Waals surface area (Å²) in [5.41, 5.74) is 2.67. The molecule has 2 unspecified atom stereocenters. The fourth-order valence-electron chi connectivity index (χ4n) is 3.03. The zero-order valence-corrected chi connectivity index (χ0v) is 15.1. The first kappa shape index (κ1) is 18.7. The highest BCUT2D eigenvalue weighted by Gasteiger charge is 2.29. The Hall–Kier alpha value is -1.31. The van der Waals surface area contributed by atoms with Crippen molar-refractivity contribution < 1.29 is 9.90 Å². The maximum atomic E-state index is 11.0. The number of hydrogen-bond acceptors (Lipinski definition) is 1. The van der Waals surface area contributed by atoms with Gasteiger partial charge in [0, 0.05) is 6.42 Å². The lowest BCUT2D eigenvalue weighted by atomic mass is 9.71. The lowest BCUT2D eigenvalue weighted by Crippen LogP contribution is -2.26. The number of aliphatic carboxylic acids is 1. The van der Waals surface area contributed by atoms with Crippen molar-refractivity contribution in [1.82, 2.24) is 0 Å². The highest BCUT2D eigenvalue weighted by atomic mass is 16.4. The molecule has 0 aromatic heterocycles. The van der Waals surface area contributed by atoms with Crippen molar-refractivity contribution in [3.8, 4) is 0 Å². The van der Waals surface area contributed by atoms with E-state index in [9.17, 15) is 4.79 Å². The maximum Gasteiger partial charge on any atom is 0.303 e. The first-order valence-electron chi connectivity index (χ1n) is 8.41. The van der Waals surface area contributed by atoms with E-state index in [1.807, 2.05) is 0 Å². The molecule has 0 heterocycles. The highest BCUT2D eigenvalue weighted by Crippen LogP contribution is 2.37. The molecule has 124 valence electrons. The minimum absolute atomic E-state index is 0.0652. The molecule has 0 aliphatic carbocycles. The quantitative estimate of drug-likeness (QED) is 0.717. The van der Waals surface area contributed by atoms with Gasteiger partial charge in [-0.2, -0.15) is 0 Å². The molecular weight excluding hydrogens is 272 g/mol. The van der Waals surface area contributed by atoms with E-state index in [0.717, 1.165) is 12.8 Å². The number of carbonyl (C=O) groups is 1. The van der Waals surface area contributed by atoms with Crippen molar-refractivity contribution in [2.24, 2.45) is 5.92 Å². The van der Waals surface area contributed by atoms with Crippen LogP contribution in [0.2, 0.25) is 0 Å². The molecule has 2 atom stereocenters. The standard InChI is InChI=1S/C20H32O2/c1-7-15(2)14-20(6,13-12-18(21)22)17-10-8-16(9-11-17)19(3,4)5/h8-11,15H,7,12-14H2,1-6H3,(H,21,22). The largest absolute Gasteiger partial charge is 0.481 e. The molecule has 0 radical (unpaired) electrons. The minimum atomic E-state index is -0.707. The number of benzene rings is 1. The zero-order valence-electron chi connectivity index (χ0n) is 15.1. The molecule has 0 aliphatic heterocycles. The van der Waals surface area contributed by atoms with Crippen LogP contribution < -0.4 is 0 Å². The number of carboxylic acids is 1. The van der Waals surface area contributed by atoms with E-state index in [2.05, 4.69) is 65.8 Å². The second-order valence-electron chi connectivity index (χ2n) is 8.00. The van der Waals surface area contributed by atoms with Crippen molar-refractivity contribution in [2.45, 2.75) is 78.1 Å². The van der Waals surface area contributed by atoms with E-state index in [1.165, 1.54) is 11.1 Å². The van der Waals surface area contributed by atoms with Crippen molar-refractivity contribution in [3.05, 3.63) is 35.4 Å². The van der Waals surface area contributed by atoms with Crippen molar-refractivity contribution in [3.63, 3.8) is 0 Å². The Bertz CT molecular complexity index is 481. The molecule has 0 amide bonds. The highest BCUT2D eigenvalue weighted by molar-refractivity contribution is 5.66. The lowest BCUT2D eigenvalue weighted by Gasteiger charge is -2.33. The predicted molar refractivity (Wildman–Crippen MR) is 93.4 cm³/mol. The molecule has 0 fully saturated rings. The molecule has 1 aromatic rings. The summed E-state index contributed by atoms with van der Waals surface area (Å²) in [4.78, 5) is 11.0. The molecule has 2 heteroatoms. The average Bonchev–Trinajstić information content (AvgIpc) is 2.44. The van der Waals surface area contributed by atoms with E-state index in [1.54, 1.807) is 0 Å². The second kappa shape index (κ2) is 7.30. The van der Waals surface area contributed by atoms with Gasteiger partial charge in [0.1, 0.15) is 0 Å². The van der Waals surface area contributed by atoms with Crippen LogP contribution in [0.25, 0.3) is 0 Å². The van der Waals surface area contributed by atoms with Gasteiger partial charge < -0.3 is 5.11 Å². The van der Waals surface area contributed by atoms with Gasteiger partial charge in [-0.15, -0.1) is 0 Å². The van der Waals surface area contributed by atoms with Gasteiger partial charge >= 0.3 is 5.97 Å². The van der Waals surface area contributed by atoms with Crippen LogP contribution >= 0.6 is 0 Å². The molecule has 0 spiro atoms. The van der Waals surface area contributed by atoms with Gasteiger partial charge in [0.15, 0.2) is 0 Å². The zero-order chi connectivity index (χ0) is 17.0. The summed E-state index contributed by atoms with van der Waals surface area (Å²) >= 11 is 0. The Balaban J connectivity index is 3.06. The summed E-state index contributed by atoms with van der Waals surface area (Å²) < 4.78 is 0. The van der Waals surface area contributed by atoms with E-state index in [4.69, 9.17) is 5.11 Å². The second-order valence-corrected chi connectivity index (χ2v) is 8.00. The predicted octanol–water partition coefficient (Wildman–Crippen LogP) is 5.54. The fourth-order valence-corrected chi connectivity index (χ4v) is 3.03. The number of hydrogen-bond donors (Lipinski definition) is 1. The van der Waals surface area contributed by atoms with Crippen LogP contribution in [-0.2, 0) is 15.6 Å². The van der Waals surface area contributed by atoms with Crippen LogP contribution in [0.4, 0.5) is 0 Å². The maximum absolute atomic E-state index is 11.0. The molecule has 0 aliphatic rings. The first-order chi connectivity index (χ1) is 10.1. The van der Waals surface area contributed by atoms with Crippen LogP contribution in [0.3, 0.4) is 0 Å². The lowest BCUT2D eigenvalue weighted by molar-refractivity contribution is -0.137. The van der Waals surface area contributed by atoms with Crippen molar-refractivity contribution in [1.29, 1.82) is 0 Å². The van der Waals surface area contributed by atoms with Gasteiger partial charge in [-0.05, 0) is 40.7 Å². The SMILES string of the molecule is CCC(C)CC(C)(CCC(=O)O)c1ccc(C(C)(C)C)cc1. The molecule has 1 N–H and O–H groups in total. The van der Waals surface area contributed by atoms with Gasteiger partial charge in [0.25, 0.3) is 0 Å². The average molecular weight is 304 g/mol. The summed E-state index contributed by atoms with van der Waals surface area (Å²) in [5.74, 6) is -0.109. The molecular formula is C20H32O2. The Kier molecular flexibility index (Phi) is 6.22. The van der Waals surface area contributed by atoms with E-state index in [-0.39, 0.29) is 17.3 Å². The first-order valence-corrected chi connectivity index (χ1v) is 8.41. The van der Waals surface area contributed by atoms with Crippen LogP contribution in [0.15, 0.2) is 24.3 Å². The summed E-state index contributed by atoms with van der Waals surface area (Å²) in [5, 5.41) is 9.07. The Labute approximate surface area is 135 Å². The number of carboxylic acid groups (broad SMARTS) is 1. The van der Waals surface area contributed by atoms with Gasteiger partial charge in [0.2, 0.25) is 0 Å². The van der Waals surface area contributed by atoms with E-state index >= 15 is 0 Å². The van der Waals surface area contributed by atoms with E-state index in [0.29, 0.717) is 12.3 Å². The molecule has 1 aromatic carbocycles. The van der Waals surface area contributed by atoms with Crippen molar-refractivity contribution >= 4 is 5.97 Å². The van der Waals surface area contributed by atoms with Gasteiger partial charge in [-0.25, -0.2) is 0 Å². The monoisotopic (exact) mass is 304 g/mol. The third kappa shape index (κ3) is 5.15. The summed E-state index contributed by atoms with van der Waals surface area (Å²) in [6, 6.07) is 8.80. The molecule has 22 heavy (non-hydrogen) atoms. The van der Waals surface area contributed by atoms with Gasteiger partial charge in [-0.1, -0.05) is 72.2 Å². The smallest absolute Gasteiger partial charge is 0.303 e. The molecule has 0 saturated carbocycles. The van der Waals surface area contributed by atoms with Crippen molar-refractivity contribution in [2.75, 3.05) is 0 Å². The minimum Gasteiger partial charge on any atom is -0.481 e. The fraction of sp³-hybridized carbons (Fsp3) is 0.650. The van der Waals surface area contributed by atoms with Crippen LogP contribution in [0, 0.1) is 5.92 Å². The molecule has 0 saturated heterocycles. The summed E-state index contributed by atoms with van der Waals surface area (Å²) in [6.45, 7) is 13.3. The molecule has 2 nitrogen and oxygen atoms in total. The van der Waals surface area contributed by atoms with Crippen LogP contribution in [0.1, 0.15) is 78.4 Å². The van der Waals surface area contributed by atoms with Gasteiger partial charge in [0.05, 0.1) is 0 Å². The number of rotatable bonds is 7. The Morgan fingerprint density at radius 1 is 1.09 bits per heavy atom.